The third kappa shape index (κ3) is 6.08. The average molecular weight is 308 g/mol. The van der Waals surface area contributed by atoms with Crippen LogP contribution in [0.25, 0.3) is 6.08 Å². The smallest absolute Gasteiger partial charge is 0.330 e. The predicted octanol–water partition coefficient (Wildman–Crippen LogP) is 3.72. The van der Waals surface area contributed by atoms with Gasteiger partial charge < -0.3 is 20.1 Å². The number of esters is 1. The largest absolute Gasteiger partial charge is 0.504 e. The van der Waals surface area contributed by atoms with Gasteiger partial charge in [0.1, 0.15) is 0 Å². The first kappa shape index (κ1) is 17.9. The van der Waals surface area contributed by atoms with Crippen LogP contribution >= 0.6 is 0 Å². The summed E-state index contributed by atoms with van der Waals surface area (Å²) in [6.07, 6.45) is 9.22. The van der Waals surface area contributed by atoms with E-state index in [1.807, 2.05) is 0 Å². The van der Waals surface area contributed by atoms with Gasteiger partial charge in [-0.15, -0.1) is 0 Å². The molecule has 122 valence electrons. The Labute approximate surface area is 130 Å². The van der Waals surface area contributed by atoms with Crippen LogP contribution in [0.1, 0.15) is 51.0 Å². The minimum atomic E-state index is -0.609. The molecule has 3 N–H and O–H groups in total. The molecule has 0 aliphatic heterocycles. The molecular weight excluding hydrogens is 284 g/mol. The van der Waals surface area contributed by atoms with Gasteiger partial charge in [0.15, 0.2) is 11.5 Å². The molecule has 0 atom stereocenters. The van der Waals surface area contributed by atoms with Crippen molar-refractivity contribution in [1.29, 1.82) is 0 Å². The van der Waals surface area contributed by atoms with E-state index in [-0.39, 0.29) is 5.56 Å². The summed E-state index contributed by atoms with van der Waals surface area (Å²) in [6.45, 7) is 2.54. The molecule has 5 nitrogen and oxygen atoms in total. The van der Waals surface area contributed by atoms with Crippen LogP contribution in [0.15, 0.2) is 18.2 Å². The molecule has 0 spiro atoms. The summed E-state index contributed by atoms with van der Waals surface area (Å²) in [5, 5.41) is 28.2. The lowest BCUT2D eigenvalue weighted by Gasteiger charge is -2.04. The van der Waals surface area contributed by atoms with E-state index in [4.69, 9.17) is 4.74 Å². The minimum Gasteiger partial charge on any atom is -0.504 e. The van der Waals surface area contributed by atoms with E-state index in [0.717, 1.165) is 19.3 Å². The van der Waals surface area contributed by atoms with Crippen LogP contribution in [0.2, 0.25) is 0 Å². The predicted molar refractivity (Wildman–Crippen MR) is 84.8 cm³/mol. The summed E-state index contributed by atoms with van der Waals surface area (Å²) in [5.74, 6) is -2.00. The van der Waals surface area contributed by atoms with Gasteiger partial charge >= 0.3 is 5.97 Å². The first-order chi connectivity index (χ1) is 10.6. The van der Waals surface area contributed by atoms with Crippen LogP contribution in [0.3, 0.4) is 0 Å². The third-order valence-electron chi connectivity index (χ3n) is 3.30. The fraction of sp³-hybridized carbons (Fsp3) is 0.471. The molecule has 0 heterocycles. The summed E-state index contributed by atoms with van der Waals surface area (Å²) in [5.41, 5.74) is 0.229. The van der Waals surface area contributed by atoms with Gasteiger partial charge in [-0.3, -0.25) is 0 Å². The molecular formula is C17H24O5. The van der Waals surface area contributed by atoms with Crippen LogP contribution in [0, 0.1) is 0 Å². The van der Waals surface area contributed by atoms with Crippen molar-refractivity contribution < 1.29 is 24.9 Å². The maximum atomic E-state index is 11.5. The molecule has 0 amide bonds. The zero-order valence-electron chi connectivity index (χ0n) is 12.9. The van der Waals surface area contributed by atoms with E-state index in [2.05, 4.69) is 6.92 Å². The lowest BCUT2D eigenvalue weighted by Crippen LogP contribution is -2.02. The van der Waals surface area contributed by atoms with Crippen LogP contribution in [0.4, 0.5) is 0 Å². The maximum absolute atomic E-state index is 11.5. The number of ether oxygens (including phenoxy) is 1. The quantitative estimate of drug-likeness (QED) is 0.280. The normalized spacial score (nSPS) is 11.0. The molecule has 22 heavy (non-hydrogen) atoms. The summed E-state index contributed by atoms with van der Waals surface area (Å²) in [7, 11) is 0. The van der Waals surface area contributed by atoms with E-state index >= 15 is 0 Å². The number of carbonyl (C=O) groups is 1. The average Bonchev–Trinajstić information content (AvgIpc) is 2.51. The topological polar surface area (TPSA) is 87.0 Å². The number of hydrogen-bond donors (Lipinski definition) is 3. The second-order valence-electron chi connectivity index (χ2n) is 5.14. The summed E-state index contributed by atoms with van der Waals surface area (Å²) in [4.78, 5) is 11.5. The lowest BCUT2D eigenvalue weighted by molar-refractivity contribution is -0.137. The van der Waals surface area contributed by atoms with Crippen molar-refractivity contribution in [1.82, 2.24) is 0 Å². The second-order valence-corrected chi connectivity index (χ2v) is 5.14. The molecule has 0 aromatic heterocycles. The highest BCUT2D eigenvalue weighted by Gasteiger charge is 2.09. The van der Waals surface area contributed by atoms with Crippen molar-refractivity contribution in [2.24, 2.45) is 0 Å². The summed E-state index contributed by atoms with van der Waals surface area (Å²) in [6, 6.07) is 2.62. The molecule has 0 bridgehead atoms. The van der Waals surface area contributed by atoms with Gasteiger partial charge in [-0.05, 0) is 24.6 Å². The Hall–Kier alpha value is -2.17. The van der Waals surface area contributed by atoms with Gasteiger partial charge in [-0.25, -0.2) is 4.79 Å². The Bertz CT molecular complexity index is 508. The molecule has 0 radical (unpaired) electrons. The molecule has 0 aliphatic carbocycles. The van der Waals surface area contributed by atoms with Crippen LogP contribution in [0.5, 0.6) is 17.2 Å². The van der Waals surface area contributed by atoms with E-state index < -0.39 is 23.2 Å². The fourth-order valence-corrected chi connectivity index (χ4v) is 1.98. The van der Waals surface area contributed by atoms with Crippen molar-refractivity contribution in [3.8, 4) is 17.2 Å². The van der Waals surface area contributed by atoms with Gasteiger partial charge in [0.05, 0.1) is 6.61 Å². The second kappa shape index (κ2) is 9.71. The number of phenolic OH excluding ortho intramolecular Hbond substituents is 3. The van der Waals surface area contributed by atoms with Gasteiger partial charge in [-0.2, -0.15) is 0 Å². The fourth-order valence-electron chi connectivity index (χ4n) is 1.98. The molecule has 0 unspecified atom stereocenters. The van der Waals surface area contributed by atoms with Crippen molar-refractivity contribution in [2.45, 2.75) is 45.4 Å². The Morgan fingerprint density at radius 1 is 1.05 bits per heavy atom. The highest BCUT2D eigenvalue weighted by molar-refractivity contribution is 5.88. The zero-order valence-corrected chi connectivity index (χ0v) is 12.9. The Balaban J connectivity index is 2.32. The van der Waals surface area contributed by atoms with Crippen molar-refractivity contribution >= 4 is 12.0 Å². The minimum absolute atomic E-state index is 0.229. The van der Waals surface area contributed by atoms with E-state index in [0.29, 0.717) is 6.61 Å². The van der Waals surface area contributed by atoms with E-state index in [1.54, 1.807) is 0 Å². The van der Waals surface area contributed by atoms with Crippen molar-refractivity contribution in [3.63, 3.8) is 0 Å². The number of aromatic hydroxyl groups is 3. The van der Waals surface area contributed by atoms with E-state index in [1.165, 1.54) is 43.5 Å². The summed E-state index contributed by atoms with van der Waals surface area (Å²) < 4.78 is 5.04. The highest BCUT2D eigenvalue weighted by atomic mass is 16.5. The Kier molecular flexibility index (Phi) is 7.89. The number of hydrogen-bond acceptors (Lipinski definition) is 5. The molecule has 5 heteroatoms. The van der Waals surface area contributed by atoms with Gasteiger partial charge in [0.25, 0.3) is 0 Å². The van der Waals surface area contributed by atoms with Crippen molar-refractivity contribution in [2.75, 3.05) is 6.61 Å². The van der Waals surface area contributed by atoms with Gasteiger partial charge in [0, 0.05) is 11.6 Å². The first-order valence-corrected chi connectivity index (χ1v) is 7.65. The molecule has 0 aliphatic rings. The monoisotopic (exact) mass is 308 g/mol. The molecule has 0 saturated carbocycles. The van der Waals surface area contributed by atoms with Crippen molar-refractivity contribution in [3.05, 3.63) is 23.8 Å². The molecule has 0 fully saturated rings. The Morgan fingerprint density at radius 3 is 2.45 bits per heavy atom. The molecule has 1 aromatic rings. The van der Waals surface area contributed by atoms with Crippen LogP contribution < -0.4 is 0 Å². The SMILES string of the molecule is CCCCCCCCOC(=O)C=Cc1ccc(O)c(O)c1O. The number of rotatable bonds is 9. The number of benzene rings is 1. The highest BCUT2D eigenvalue weighted by Crippen LogP contribution is 2.37. The van der Waals surface area contributed by atoms with Crippen LogP contribution in [-0.2, 0) is 9.53 Å². The number of phenols is 3. The van der Waals surface area contributed by atoms with Crippen LogP contribution in [-0.4, -0.2) is 27.9 Å². The number of unbranched alkanes of at least 4 members (excludes halogenated alkanes) is 5. The first-order valence-electron chi connectivity index (χ1n) is 7.65. The summed E-state index contributed by atoms with van der Waals surface area (Å²) >= 11 is 0. The van der Waals surface area contributed by atoms with Gasteiger partial charge in [0.2, 0.25) is 5.75 Å². The molecule has 1 aromatic carbocycles. The number of carbonyl (C=O) groups excluding carboxylic acids is 1. The maximum Gasteiger partial charge on any atom is 0.330 e. The standard InChI is InChI=1S/C17H24O5/c1-2-3-4-5-6-7-12-22-15(19)11-9-13-8-10-14(18)17(21)16(13)20/h8-11,18,20-21H,2-7,12H2,1H3. The van der Waals surface area contributed by atoms with E-state index in [9.17, 15) is 20.1 Å². The molecule has 0 saturated heterocycles. The Morgan fingerprint density at radius 2 is 1.73 bits per heavy atom. The van der Waals surface area contributed by atoms with Gasteiger partial charge in [-0.1, -0.05) is 39.0 Å². The lowest BCUT2D eigenvalue weighted by atomic mass is 10.1. The zero-order chi connectivity index (χ0) is 16.4. The molecule has 1 rings (SSSR count). The third-order valence-corrected chi connectivity index (χ3v) is 3.30.